The second-order valence-corrected chi connectivity index (χ2v) is 4.62. The largest absolute Gasteiger partial charge is 0.496 e. The number of rotatable bonds is 2. The quantitative estimate of drug-likeness (QED) is 0.811. The zero-order valence-corrected chi connectivity index (χ0v) is 9.50. The number of hydrogen-bond acceptors (Lipinski definition) is 2. The van der Waals surface area contributed by atoms with Crippen molar-refractivity contribution in [3.05, 3.63) is 29.5 Å². The minimum atomic E-state index is -0.654. The lowest BCUT2D eigenvalue weighted by molar-refractivity contribution is 0.147. The molecular weight excluding hydrogens is 202 g/mol. The van der Waals surface area contributed by atoms with Crippen LogP contribution in [0, 0.1) is 6.92 Å². The number of aromatic nitrogens is 1. The zero-order chi connectivity index (χ0) is 11.3. The number of fused-ring (bicyclic) bond motifs is 1. The SMILES string of the molecule is COc1cc2cc(C)[nH]c2cc1C1(O)CC1. The maximum Gasteiger partial charge on any atom is 0.125 e. The average Bonchev–Trinajstić information content (AvgIpc) is 2.89. The number of aliphatic hydroxyl groups is 1. The number of hydrogen-bond donors (Lipinski definition) is 2. The lowest BCUT2D eigenvalue weighted by atomic mass is 10.0. The predicted molar refractivity (Wildman–Crippen MR) is 62.7 cm³/mol. The molecule has 2 aromatic rings. The van der Waals surface area contributed by atoms with E-state index in [-0.39, 0.29) is 0 Å². The van der Waals surface area contributed by atoms with Crippen LogP contribution in [0.3, 0.4) is 0 Å². The highest BCUT2D eigenvalue weighted by molar-refractivity contribution is 5.83. The maximum atomic E-state index is 10.2. The molecule has 1 aliphatic rings. The van der Waals surface area contributed by atoms with Gasteiger partial charge in [0.2, 0.25) is 0 Å². The van der Waals surface area contributed by atoms with Crippen LogP contribution in [0.1, 0.15) is 24.1 Å². The molecule has 0 spiro atoms. The van der Waals surface area contributed by atoms with Crippen LogP contribution in [-0.2, 0) is 5.60 Å². The molecule has 1 aromatic heterocycles. The molecule has 1 aromatic carbocycles. The van der Waals surface area contributed by atoms with Crippen molar-refractivity contribution in [1.29, 1.82) is 0 Å². The summed E-state index contributed by atoms with van der Waals surface area (Å²) in [7, 11) is 1.65. The van der Waals surface area contributed by atoms with Gasteiger partial charge in [0.15, 0.2) is 0 Å². The molecule has 0 bridgehead atoms. The fourth-order valence-corrected chi connectivity index (χ4v) is 2.23. The fraction of sp³-hybridized carbons (Fsp3) is 0.385. The van der Waals surface area contributed by atoms with Gasteiger partial charge in [0, 0.05) is 22.2 Å². The van der Waals surface area contributed by atoms with Crippen molar-refractivity contribution < 1.29 is 9.84 Å². The van der Waals surface area contributed by atoms with Crippen molar-refractivity contribution in [2.75, 3.05) is 7.11 Å². The molecule has 2 N–H and O–H groups in total. The Morgan fingerprint density at radius 1 is 1.31 bits per heavy atom. The van der Waals surface area contributed by atoms with E-state index in [9.17, 15) is 5.11 Å². The molecule has 0 unspecified atom stereocenters. The molecule has 84 valence electrons. The van der Waals surface area contributed by atoms with Crippen molar-refractivity contribution in [1.82, 2.24) is 4.98 Å². The molecule has 1 aliphatic carbocycles. The molecule has 0 radical (unpaired) electrons. The van der Waals surface area contributed by atoms with Gasteiger partial charge in [-0.15, -0.1) is 0 Å². The summed E-state index contributed by atoms with van der Waals surface area (Å²) in [6.07, 6.45) is 1.66. The highest BCUT2D eigenvalue weighted by atomic mass is 16.5. The average molecular weight is 217 g/mol. The normalized spacial score (nSPS) is 17.7. The highest BCUT2D eigenvalue weighted by Crippen LogP contribution is 2.49. The minimum absolute atomic E-state index is 0.654. The van der Waals surface area contributed by atoms with E-state index < -0.39 is 5.60 Å². The first-order valence-electron chi connectivity index (χ1n) is 5.53. The lowest BCUT2D eigenvalue weighted by Crippen LogP contribution is -2.06. The third-order valence-electron chi connectivity index (χ3n) is 3.30. The van der Waals surface area contributed by atoms with Crippen molar-refractivity contribution in [3.8, 4) is 5.75 Å². The Balaban J connectivity index is 2.25. The zero-order valence-electron chi connectivity index (χ0n) is 9.50. The second-order valence-electron chi connectivity index (χ2n) is 4.62. The Morgan fingerprint density at radius 3 is 2.69 bits per heavy atom. The molecule has 0 aliphatic heterocycles. The summed E-state index contributed by atoms with van der Waals surface area (Å²) in [4.78, 5) is 3.28. The van der Waals surface area contributed by atoms with Crippen LogP contribution < -0.4 is 4.74 Å². The molecule has 1 fully saturated rings. The van der Waals surface area contributed by atoms with Gasteiger partial charge in [0.05, 0.1) is 12.7 Å². The second kappa shape index (κ2) is 3.01. The third kappa shape index (κ3) is 1.32. The highest BCUT2D eigenvalue weighted by Gasteiger charge is 2.44. The van der Waals surface area contributed by atoms with Crippen molar-refractivity contribution in [2.45, 2.75) is 25.4 Å². The van der Waals surface area contributed by atoms with Crippen molar-refractivity contribution >= 4 is 10.9 Å². The van der Waals surface area contributed by atoms with Gasteiger partial charge in [-0.2, -0.15) is 0 Å². The molecule has 1 heterocycles. The monoisotopic (exact) mass is 217 g/mol. The number of ether oxygens (including phenoxy) is 1. The number of H-pyrrole nitrogens is 1. The molecule has 0 saturated heterocycles. The van der Waals surface area contributed by atoms with Gasteiger partial charge >= 0.3 is 0 Å². The number of aromatic amines is 1. The van der Waals surface area contributed by atoms with Gasteiger partial charge in [0.1, 0.15) is 5.75 Å². The maximum absolute atomic E-state index is 10.2. The van der Waals surface area contributed by atoms with Gasteiger partial charge in [0.25, 0.3) is 0 Å². The topological polar surface area (TPSA) is 45.2 Å². The number of benzene rings is 1. The van der Waals surface area contributed by atoms with E-state index in [1.807, 2.05) is 19.1 Å². The molecule has 1 saturated carbocycles. The summed E-state index contributed by atoms with van der Waals surface area (Å²) in [5.41, 5.74) is 2.44. The van der Waals surface area contributed by atoms with Crippen LogP contribution in [0.25, 0.3) is 10.9 Å². The van der Waals surface area contributed by atoms with Crippen molar-refractivity contribution in [2.24, 2.45) is 0 Å². The van der Waals surface area contributed by atoms with E-state index in [4.69, 9.17) is 4.74 Å². The molecule has 3 nitrogen and oxygen atoms in total. The lowest BCUT2D eigenvalue weighted by Gasteiger charge is -2.13. The number of methoxy groups -OCH3 is 1. The molecule has 3 heteroatoms. The minimum Gasteiger partial charge on any atom is -0.496 e. The van der Waals surface area contributed by atoms with Crippen LogP contribution in [-0.4, -0.2) is 17.2 Å². The first-order valence-corrected chi connectivity index (χ1v) is 5.53. The van der Waals surface area contributed by atoms with Gasteiger partial charge in [-0.3, -0.25) is 0 Å². The molecule has 16 heavy (non-hydrogen) atoms. The standard InChI is InChI=1S/C13H15NO2/c1-8-5-9-6-12(16-2)10(7-11(9)14-8)13(15)3-4-13/h5-7,14-15H,3-4H2,1-2H3. The Kier molecular flexibility index (Phi) is 1.83. The van der Waals surface area contributed by atoms with Crippen LogP contribution >= 0.6 is 0 Å². The summed E-state index contributed by atoms with van der Waals surface area (Å²) in [6.45, 7) is 2.03. The summed E-state index contributed by atoms with van der Waals surface area (Å²) in [5.74, 6) is 0.784. The van der Waals surface area contributed by atoms with Gasteiger partial charge < -0.3 is 14.8 Å². The van der Waals surface area contributed by atoms with Crippen LogP contribution in [0.15, 0.2) is 18.2 Å². The van der Waals surface area contributed by atoms with Crippen LogP contribution in [0.5, 0.6) is 5.75 Å². The Labute approximate surface area is 94.0 Å². The van der Waals surface area contributed by atoms with E-state index in [0.717, 1.165) is 40.8 Å². The van der Waals surface area contributed by atoms with Gasteiger partial charge in [-0.1, -0.05) is 0 Å². The van der Waals surface area contributed by atoms with Gasteiger partial charge in [-0.25, -0.2) is 0 Å². The van der Waals surface area contributed by atoms with E-state index in [2.05, 4.69) is 11.1 Å². The Hall–Kier alpha value is -1.48. The summed E-state index contributed by atoms with van der Waals surface area (Å²) in [5, 5.41) is 11.3. The molecular formula is C13H15NO2. The molecule has 0 atom stereocenters. The predicted octanol–water partition coefficient (Wildman–Crippen LogP) is 2.47. The van der Waals surface area contributed by atoms with E-state index in [0.29, 0.717) is 0 Å². The number of nitrogens with one attached hydrogen (secondary N) is 1. The van der Waals surface area contributed by atoms with E-state index >= 15 is 0 Å². The Morgan fingerprint density at radius 2 is 2.06 bits per heavy atom. The fourth-order valence-electron chi connectivity index (χ4n) is 2.23. The molecule has 0 amide bonds. The first kappa shape index (κ1) is 9.73. The summed E-state index contributed by atoms with van der Waals surface area (Å²) in [6, 6.07) is 6.08. The first-order chi connectivity index (χ1) is 7.62. The van der Waals surface area contributed by atoms with Crippen LogP contribution in [0.2, 0.25) is 0 Å². The summed E-state index contributed by atoms with van der Waals surface area (Å²) < 4.78 is 5.36. The molecule has 3 rings (SSSR count). The smallest absolute Gasteiger partial charge is 0.125 e. The van der Waals surface area contributed by atoms with Crippen molar-refractivity contribution in [3.63, 3.8) is 0 Å². The van der Waals surface area contributed by atoms with E-state index in [1.165, 1.54) is 0 Å². The Bertz CT molecular complexity index is 552. The van der Waals surface area contributed by atoms with Crippen LogP contribution in [0.4, 0.5) is 0 Å². The van der Waals surface area contributed by atoms with E-state index in [1.54, 1.807) is 7.11 Å². The number of aryl methyl sites for hydroxylation is 1. The third-order valence-corrected chi connectivity index (χ3v) is 3.30. The van der Waals surface area contributed by atoms with Gasteiger partial charge in [-0.05, 0) is 38.0 Å². The summed E-state index contributed by atoms with van der Waals surface area (Å²) >= 11 is 0.